The Bertz CT molecular complexity index is 218. The van der Waals surface area contributed by atoms with E-state index in [0.29, 0.717) is 6.73 Å². The molecule has 3 aliphatic carbocycles. The molecule has 0 aromatic heterocycles. The molecule has 0 saturated heterocycles. The molecular formula is C10H15NO. The fraction of sp³-hybridized carbons (Fsp3) is 0.900. The molecule has 0 N–H and O–H groups in total. The monoisotopic (exact) mass is 165 g/mol. The third kappa shape index (κ3) is 0.817. The van der Waals surface area contributed by atoms with E-state index in [1.165, 1.54) is 32.1 Å². The third-order valence-corrected chi connectivity index (χ3v) is 3.86. The molecule has 0 radical (unpaired) electrons. The first kappa shape index (κ1) is 7.07. The number of hydrogen-bond acceptors (Lipinski definition) is 2. The molecule has 3 saturated carbocycles. The smallest absolute Gasteiger partial charge is 0.138 e. The summed E-state index contributed by atoms with van der Waals surface area (Å²) in [4.78, 5) is 4.23. The maximum atomic E-state index is 5.79. The summed E-state index contributed by atoms with van der Waals surface area (Å²) in [6.07, 6.45) is 8.96. The van der Waals surface area contributed by atoms with Gasteiger partial charge in [0.25, 0.3) is 0 Å². The van der Waals surface area contributed by atoms with Crippen LogP contribution < -0.4 is 0 Å². The second-order valence-electron chi connectivity index (χ2n) is 4.46. The molecule has 0 aromatic rings. The van der Waals surface area contributed by atoms with Gasteiger partial charge >= 0.3 is 0 Å². The number of nitrogens with zero attached hydrogens (tertiary/aromatic N) is 1. The Labute approximate surface area is 73.0 Å². The molecule has 66 valence electrons. The van der Waals surface area contributed by atoms with E-state index >= 15 is 0 Å². The van der Waals surface area contributed by atoms with E-state index in [4.69, 9.17) is 4.74 Å². The summed E-state index contributed by atoms with van der Waals surface area (Å²) in [5, 5.41) is 0. The van der Waals surface area contributed by atoms with Gasteiger partial charge in [0.05, 0.1) is 0 Å². The van der Waals surface area contributed by atoms with Crippen molar-refractivity contribution in [2.75, 3.05) is 6.73 Å². The Balaban J connectivity index is 1.91. The van der Waals surface area contributed by atoms with Crippen molar-refractivity contribution >= 4 is 6.21 Å². The van der Waals surface area contributed by atoms with Gasteiger partial charge in [-0.15, -0.1) is 0 Å². The SMILES string of the molecule is C1=NCOC12CC1CCC2CC1. The first-order chi connectivity index (χ1) is 5.89. The van der Waals surface area contributed by atoms with E-state index in [1.807, 2.05) is 0 Å². The van der Waals surface area contributed by atoms with Crippen LogP contribution in [0.3, 0.4) is 0 Å². The van der Waals surface area contributed by atoms with Crippen LogP contribution in [0.5, 0.6) is 0 Å². The molecule has 12 heavy (non-hydrogen) atoms. The lowest BCUT2D eigenvalue weighted by Gasteiger charge is -2.47. The summed E-state index contributed by atoms with van der Waals surface area (Å²) in [5.74, 6) is 1.72. The number of ether oxygens (including phenoxy) is 1. The molecule has 4 rings (SSSR count). The lowest BCUT2D eigenvalue weighted by Crippen LogP contribution is -2.48. The van der Waals surface area contributed by atoms with Crippen molar-refractivity contribution in [1.29, 1.82) is 0 Å². The second kappa shape index (κ2) is 2.32. The quantitative estimate of drug-likeness (QED) is 0.538. The zero-order chi connectivity index (χ0) is 8.02. The first-order valence-electron chi connectivity index (χ1n) is 5.04. The average molecular weight is 165 g/mol. The van der Waals surface area contributed by atoms with Crippen LogP contribution in [-0.2, 0) is 4.74 Å². The molecule has 1 aliphatic heterocycles. The van der Waals surface area contributed by atoms with Gasteiger partial charge in [-0.1, -0.05) is 0 Å². The minimum absolute atomic E-state index is 0.0984. The van der Waals surface area contributed by atoms with Crippen molar-refractivity contribution in [1.82, 2.24) is 0 Å². The minimum atomic E-state index is 0.0984. The Morgan fingerprint density at radius 2 is 2.08 bits per heavy atom. The largest absolute Gasteiger partial charge is 0.347 e. The highest BCUT2D eigenvalue weighted by atomic mass is 16.5. The Morgan fingerprint density at radius 3 is 2.58 bits per heavy atom. The normalized spacial score (nSPS) is 50.7. The van der Waals surface area contributed by atoms with Crippen molar-refractivity contribution in [2.24, 2.45) is 16.8 Å². The van der Waals surface area contributed by atoms with Gasteiger partial charge in [-0.05, 0) is 43.9 Å². The van der Waals surface area contributed by atoms with Gasteiger partial charge in [-0.25, -0.2) is 0 Å². The van der Waals surface area contributed by atoms with E-state index in [1.54, 1.807) is 0 Å². The maximum absolute atomic E-state index is 5.79. The molecule has 2 nitrogen and oxygen atoms in total. The topological polar surface area (TPSA) is 21.6 Å². The summed E-state index contributed by atoms with van der Waals surface area (Å²) in [6.45, 7) is 0.614. The molecule has 1 unspecified atom stereocenters. The number of hydrogen-bond donors (Lipinski definition) is 0. The zero-order valence-electron chi connectivity index (χ0n) is 7.33. The minimum Gasteiger partial charge on any atom is -0.347 e. The van der Waals surface area contributed by atoms with Crippen molar-refractivity contribution in [3.8, 4) is 0 Å². The molecule has 0 amide bonds. The second-order valence-corrected chi connectivity index (χ2v) is 4.46. The lowest BCUT2D eigenvalue weighted by molar-refractivity contribution is -0.0784. The van der Waals surface area contributed by atoms with Crippen LogP contribution in [0.4, 0.5) is 0 Å². The van der Waals surface area contributed by atoms with E-state index in [0.717, 1.165) is 11.8 Å². The molecule has 0 aromatic carbocycles. The van der Waals surface area contributed by atoms with Crippen LogP contribution in [0.1, 0.15) is 32.1 Å². The average Bonchev–Trinajstić information content (AvgIpc) is 2.55. The van der Waals surface area contributed by atoms with Gasteiger partial charge in [0.1, 0.15) is 12.3 Å². The van der Waals surface area contributed by atoms with E-state index < -0.39 is 0 Å². The Kier molecular flexibility index (Phi) is 1.37. The molecule has 1 atom stereocenters. The van der Waals surface area contributed by atoms with E-state index in [-0.39, 0.29) is 5.60 Å². The fourth-order valence-corrected chi connectivity index (χ4v) is 3.19. The van der Waals surface area contributed by atoms with Gasteiger partial charge in [-0.3, -0.25) is 4.99 Å². The molecule has 2 bridgehead atoms. The predicted molar refractivity (Wildman–Crippen MR) is 47.2 cm³/mol. The Morgan fingerprint density at radius 1 is 1.25 bits per heavy atom. The van der Waals surface area contributed by atoms with Crippen LogP contribution in [0.2, 0.25) is 0 Å². The number of fused-ring (bicyclic) bond motifs is 2. The van der Waals surface area contributed by atoms with E-state index in [9.17, 15) is 0 Å². The highest BCUT2D eigenvalue weighted by Crippen LogP contribution is 2.49. The maximum Gasteiger partial charge on any atom is 0.138 e. The highest BCUT2D eigenvalue weighted by molar-refractivity contribution is 5.71. The summed E-state index contributed by atoms with van der Waals surface area (Å²) in [5.41, 5.74) is 0.0984. The standard InChI is InChI=1S/C10H15NO/c1-3-9-4-2-8(1)5-10(9)6-11-7-12-10/h6,8-9H,1-5,7H2. The molecule has 1 spiro atoms. The van der Waals surface area contributed by atoms with Gasteiger partial charge < -0.3 is 4.74 Å². The van der Waals surface area contributed by atoms with Crippen molar-refractivity contribution in [3.63, 3.8) is 0 Å². The van der Waals surface area contributed by atoms with Crippen LogP contribution in [0.25, 0.3) is 0 Å². The summed E-state index contributed by atoms with van der Waals surface area (Å²) in [7, 11) is 0. The zero-order valence-corrected chi connectivity index (χ0v) is 7.33. The highest BCUT2D eigenvalue weighted by Gasteiger charge is 2.48. The van der Waals surface area contributed by atoms with Crippen LogP contribution in [0.15, 0.2) is 4.99 Å². The van der Waals surface area contributed by atoms with Crippen molar-refractivity contribution < 1.29 is 4.74 Å². The predicted octanol–water partition coefficient (Wildman–Crippen LogP) is 1.99. The number of rotatable bonds is 0. The van der Waals surface area contributed by atoms with Crippen LogP contribution in [-0.4, -0.2) is 18.5 Å². The first-order valence-corrected chi connectivity index (χ1v) is 5.04. The van der Waals surface area contributed by atoms with Gasteiger partial charge in [0, 0.05) is 6.21 Å². The molecule has 1 heterocycles. The summed E-state index contributed by atoms with van der Waals surface area (Å²) < 4.78 is 5.79. The Hall–Kier alpha value is -0.370. The summed E-state index contributed by atoms with van der Waals surface area (Å²) >= 11 is 0. The molecule has 4 aliphatic rings. The lowest BCUT2D eigenvalue weighted by atomic mass is 9.62. The third-order valence-electron chi connectivity index (χ3n) is 3.86. The van der Waals surface area contributed by atoms with E-state index in [2.05, 4.69) is 11.2 Å². The molecular weight excluding hydrogens is 150 g/mol. The number of aliphatic imine (C=N–C) groups is 1. The van der Waals surface area contributed by atoms with Gasteiger partial charge in [0.2, 0.25) is 0 Å². The van der Waals surface area contributed by atoms with Crippen molar-refractivity contribution in [3.05, 3.63) is 0 Å². The van der Waals surface area contributed by atoms with Crippen LogP contribution >= 0.6 is 0 Å². The van der Waals surface area contributed by atoms with Crippen molar-refractivity contribution in [2.45, 2.75) is 37.7 Å². The fourth-order valence-electron chi connectivity index (χ4n) is 3.19. The molecule has 3 fully saturated rings. The summed E-state index contributed by atoms with van der Waals surface area (Å²) in [6, 6.07) is 0. The van der Waals surface area contributed by atoms with Gasteiger partial charge in [-0.2, -0.15) is 0 Å². The van der Waals surface area contributed by atoms with Crippen LogP contribution in [0, 0.1) is 11.8 Å². The molecule has 2 heteroatoms. The van der Waals surface area contributed by atoms with Gasteiger partial charge in [0.15, 0.2) is 0 Å².